The van der Waals surface area contributed by atoms with Gasteiger partial charge in [-0.1, -0.05) is 60.7 Å². The Morgan fingerprint density at radius 1 is 0.941 bits per heavy atom. The molecule has 1 atom stereocenters. The van der Waals surface area contributed by atoms with E-state index in [-0.39, 0.29) is 12.5 Å². The van der Waals surface area contributed by atoms with Crippen LogP contribution >= 0.6 is 0 Å². The lowest BCUT2D eigenvalue weighted by Gasteiger charge is -2.10. The molecule has 0 aliphatic carbocycles. The van der Waals surface area contributed by atoms with Gasteiger partial charge in [-0.3, -0.25) is 0 Å². The highest BCUT2D eigenvalue weighted by Crippen LogP contribution is 2.22. The molecule has 0 saturated heterocycles. The van der Waals surface area contributed by atoms with E-state index in [2.05, 4.69) is 30.8 Å². The molecule has 0 saturated carbocycles. The van der Waals surface area contributed by atoms with Crippen LogP contribution in [0.3, 0.4) is 0 Å². The molecular formula is C16H16O. The van der Waals surface area contributed by atoms with Crippen LogP contribution in [-0.2, 0) is 0 Å². The van der Waals surface area contributed by atoms with E-state index in [1.165, 1.54) is 11.1 Å². The topological polar surface area (TPSA) is 20.2 Å². The molecular weight excluding hydrogens is 208 g/mol. The SMILES string of the molecule is C=C[C@H](CO)c1ccc(-c2ccccc2)cc1. The fourth-order valence-corrected chi connectivity index (χ4v) is 1.87. The van der Waals surface area contributed by atoms with Crippen molar-refractivity contribution in [2.24, 2.45) is 0 Å². The van der Waals surface area contributed by atoms with Crippen LogP contribution in [0.5, 0.6) is 0 Å². The minimum Gasteiger partial charge on any atom is -0.395 e. The Morgan fingerprint density at radius 3 is 2.06 bits per heavy atom. The van der Waals surface area contributed by atoms with Gasteiger partial charge >= 0.3 is 0 Å². The number of aliphatic hydroxyl groups is 1. The molecule has 0 heterocycles. The van der Waals surface area contributed by atoms with E-state index in [1.807, 2.05) is 30.3 Å². The van der Waals surface area contributed by atoms with E-state index in [9.17, 15) is 5.11 Å². The van der Waals surface area contributed by atoms with Crippen molar-refractivity contribution in [3.63, 3.8) is 0 Å². The molecule has 0 radical (unpaired) electrons. The molecule has 1 N–H and O–H groups in total. The largest absolute Gasteiger partial charge is 0.395 e. The highest BCUT2D eigenvalue weighted by molar-refractivity contribution is 5.63. The van der Waals surface area contributed by atoms with Gasteiger partial charge in [-0.15, -0.1) is 6.58 Å². The molecule has 0 aliphatic heterocycles. The molecule has 0 aromatic heterocycles. The van der Waals surface area contributed by atoms with Gasteiger partial charge in [0.1, 0.15) is 0 Å². The molecule has 0 fully saturated rings. The number of rotatable bonds is 4. The Morgan fingerprint density at radius 2 is 1.53 bits per heavy atom. The molecule has 1 heteroatoms. The van der Waals surface area contributed by atoms with Crippen LogP contribution in [0, 0.1) is 0 Å². The van der Waals surface area contributed by atoms with Crippen molar-refractivity contribution in [2.45, 2.75) is 5.92 Å². The van der Waals surface area contributed by atoms with Crippen molar-refractivity contribution < 1.29 is 5.11 Å². The van der Waals surface area contributed by atoms with Crippen LogP contribution in [0.2, 0.25) is 0 Å². The number of hydrogen-bond donors (Lipinski definition) is 1. The van der Waals surface area contributed by atoms with Crippen LogP contribution in [0.4, 0.5) is 0 Å². The molecule has 0 bridgehead atoms. The van der Waals surface area contributed by atoms with E-state index in [1.54, 1.807) is 6.08 Å². The van der Waals surface area contributed by atoms with Crippen LogP contribution < -0.4 is 0 Å². The highest BCUT2D eigenvalue weighted by Gasteiger charge is 2.05. The lowest BCUT2D eigenvalue weighted by atomic mass is 9.97. The molecule has 0 amide bonds. The molecule has 86 valence electrons. The van der Waals surface area contributed by atoms with Gasteiger partial charge in [0, 0.05) is 5.92 Å². The predicted octanol–water partition coefficient (Wildman–Crippen LogP) is 3.62. The Bertz CT molecular complexity index is 471. The van der Waals surface area contributed by atoms with Gasteiger partial charge in [0.15, 0.2) is 0 Å². The molecule has 2 aromatic carbocycles. The summed E-state index contributed by atoms with van der Waals surface area (Å²) in [6.07, 6.45) is 1.78. The van der Waals surface area contributed by atoms with Crippen LogP contribution in [0.15, 0.2) is 67.3 Å². The summed E-state index contributed by atoms with van der Waals surface area (Å²) < 4.78 is 0. The third kappa shape index (κ3) is 2.63. The summed E-state index contributed by atoms with van der Waals surface area (Å²) in [4.78, 5) is 0. The second-order valence-electron chi connectivity index (χ2n) is 4.01. The minimum atomic E-state index is 0.0276. The Labute approximate surface area is 102 Å². The molecule has 17 heavy (non-hydrogen) atoms. The van der Waals surface area contributed by atoms with Gasteiger partial charge in [0.25, 0.3) is 0 Å². The molecule has 2 rings (SSSR count). The molecule has 0 spiro atoms. The summed E-state index contributed by atoms with van der Waals surface area (Å²) in [6, 6.07) is 18.5. The standard InChI is InChI=1S/C16H16O/c1-2-13(12-17)15-8-10-16(11-9-15)14-6-4-3-5-7-14/h2-11,13,17H,1,12H2/t13-/m1/s1. The molecule has 2 aromatic rings. The molecule has 0 aliphatic rings. The Hall–Kier alpha value is -1.86. The summed E-state index contributed by atoms with van der Waals surface area (Å²) in [7, 11) is 0. The van der Waals surface area contributed by atoms with Crippen LogP contribution in [0.25, 0.3) is 11.1 Å². The minimum absolute atomic E-state index is 0.0276. The first-order chi connectivity index (χ1) is 8.35. The maximum atomic E-state index is 9.19. The highest BCUT2D eigenvalue weighted by atomic mass is 16.3. The van der Waals surface area contributed by atoms with E-state index >= 15 is 0 Å². The monoisotopic (exact) mass is 224 g/mol. The fraction of sp³-hybridized carbons (Fsp3) is 0.125. The van der Waals surface area contributed by atoms with E-state index in [0.717, 1.165) is 5.56 Å². The van der Waals surface area contributed by atoms with Gasteiger partial charge in [0.05, 0.1) is 6.61 Å². The first-order valence-electron chi connectivity index (χ1n) is 5.74. The molecule has 0 unspecified atom stereocenters. The van der Waals surface area contributed by atoms with E-state index < -0.39 is 0 Å². The van der Waals surface area contributed by atoms with Crippen molar-refractivity contribution >= 4 is 0 Å². The lowest BCUT2D eigenvalue weighted by molar-refractivity contribution is 0.283. The summed E-state index contributed by atoms with van der Waals surface area (Å²) in [5, 5.41) is 9.19. The third-order valence-electron chi connectivity index (χ3n) is 2.93. The first kappa shape index (κ1) is 11.6. The quantitative estimate of drug-likeness (QED) is 0.786. The van der Waals surface area contributed by atoms with Gasteiger partial charge < -0.3 is 5.11 Å². The zero-order valence-electron chi connectivity index (χ0n) is 9.71. The smallest absolute Gasteiger partial charge is 0.0534 e. The fourth-order valence-electron chi connectivity index (χ4n) is 1.87. The average molecular weight is 224 g/mol. The maximum Gasteiger partial charge on any atom is 0.0534 e. The van der Waals surface area contributed by atoms with Crippen molar-refractivity contribution in [2.75, 3.05) is 6.61 Å². The van der Waals surface area contributed by atoms with Gasteiger partial charge in [-0.05, 0) is 16.7 Å². The van der Waals surface area contributed by atoms with Gasteiger partial charge in [-0.25, -0.2) is 0 Å². The third-order valence-corrected chi connectivity index (χ3v) is 2.93. The van der Waals surface area contributed by atoms with Gasteiger partial charge in [0.2, 0.25) is 0 Å². The summed E-state index contributed by atoms with van der Waals surface area (Å²) in [5.74, 6) is 0.0276. The van der Waals surface area contributed by atoms with Crippen molar-refractivity contribution in [3.8, 4) is 11.1 Å². The zero-order chi connectivity index (χ0) is 12.1. The van der Waals surface area contributed by atoms with Crippen molar-refractivity contribution in [3.05, 3.63) is 72.8 Å². The maximum absolute atomic E-state index is 9.19. The van der Waals surface area contributed by atoms with E-state index in [4.69, 9.17) is 0 Å². The first-order valence-corrected chi connectivity index (χ1v) is 5.74. The number of hydrogen-bond acceptors (Lipinski definition) is 1. The number of benzene rings is 2. The van der Waals surface area contributed by atoms with Crippen molar-refractivity contribution in [1.29, 1.82) is 0 Å². The second-order valence-corrected chi connectivity index (χ2v) is 4.01. The Balaban J connectivity index is 2.27. The predicted molar refractivity (Wildman–Crippen MR) is 71.9 cm³/mol. The zero-order valence-corrected chi connectivity index (χ0v) is 9.71. The van der Waals surface area contributed by atoms with E-state index in [0.29, 0.717) is 0 Å². The number of aliphatic hydroxyl groups excluding tert-OH is 1. The average Bonchev–Trinajstić information content (AvgIpc) is 2.42. The summed E-state index contributed by atoms with van der Waals surface area (Å²) in [5.41, 5.74) is 3.50. The van der Waals surface area contributed by atoms with Gasteiger partial charge in [-0.2, -0.15) is 0 Å². The summed E-state index contributed by atoms with van der Waals surface area (Å²) >= 11 is 0. The lowest BCUT2D eigenvalue weighted by Crippen LogP contribution is -1.99. The molecule has 1 nitrogen and oxygen atoms in total. The summed E-state index contributed by atoms with van der Waals surface area (Å²) in [6.45, 7) is 3.83. The second kappa shape index (κ2) is 5.46. The van der Waals surface area contributed by atoms with Crippen LogP contribution in [0.1, 0.15) is 11.5 Å². The van der Waals surface area contributed by atoms with Crippen LogP contribution in [-0.4, -0.2) is 11.7 Å². The van der Waals surface area contributed by atoms with Crippen molar-refractivity contribution in [1.82, 2.24) is 0 Å². The Kier molecular flexibility index (Phi) is 3.73. The normalized spacial score (nSPS) is 12.1.